The van der Waals surface area contributed by atoms with Gasteiger partial charge >= 0.3 is 0 Å². The van der Waals surface area contributed by atoms with Crippen molar-refractivity contribution in [1.29, 1.82) is 0 Å². The summed E-state index contributed by atoms with van der Waals surface area (Å²) < 4.78 is 5.58. The summed E-state index contributed by atoms with van der Waals surface area (Å²) in [5, 5.41) is 10.2. The van der Waals surface area contributed by atoms with E-state index < -0.39 is 6.10 Å². The van der Waals surface area contributed by atoms with Crippen LogP contribution in [0.2, 0.25) is 0 Å². The second-order valence-electron chi connectivity index (χ2n) is 6.39. The van der Waals surface area contributed by atoms with Crippen molar-refractivity contribution in [3.05, 3.63) is 71.3 Å². The first-order valence-electron chi connectivity index (χ1n) is 7.37. The molecule has 0 aliphatic rings. The second-order valence-corrected chi connectivity index (χ2v) is 6.39. The SMILES string of the molecule is CC(C)(C)c1ccc(C(O)COCc2ccccc2)cc1. The van der Waals surface area contributed by atoms with Crippen molar-refractivity contribution in [2.75, 3.05) is 6.61 Å². The average molecular weight is 284 g/mol. The van der Waals surface area contributed by atoms with Gasteiger partial charge in [-0.2, -0.15) is 0 Å². The number of hydrogen-bond donors (Lipinski definition) is 1. The average Bonchev–Trinajstić information content (AvgIpc) is 2.47. The minimum Gasteiger partial charge on any atom is -0.386 e. The molecule has 1 N–H and O–H groups in total. The molecular formula is C19H24O2. The molecule has 2 rings (SSSR count). The van der Waals surface area contributed by atoms with Crippen LogP contribution in [0.15, 0.2) is 54.6 Å². The molecule has 112 valence electrons. The first kappa shape index (κ1) is 15.7. The number of aliphatic hydroxyl groups excluding tert-OH is 1. The Morgan fingerprint density at radius 1 is 0.952 bits per heavy atom. The molecule has 0 saturated carbocycles. The number of hydrogen-bond acceptors (Lipinski definition) is 2. The summed E-state index contributed by atoms with van der Waals surface area (Å²) in [4.78, 5) is 0. The highest BCUT2D eigenvalue weighted by molar-refractivity contribution is 5.28. The number of aliphatic hydroxyl groups is 1. The van der Waals surface area contributed by atoms with E-state index in [4.69, 9.17) is 4.74 Å². The highest BCUT2D eigenvalue weighted by atomic mass is 16.5. The Bertz CT molecular complexity index is 538. The zero-order chi connectivity index (χ0) is 15.3. The molecule has 0 heterocycles. The van der Waals surface area contributed by atoms with Gasteiger partial charge in [-0.25, -0.2) is 0 Å². The molecular weight excluding hydrogens is 260 g/mol. The van der Waals surface area contributed by atoms with Crippen molar-refractivity contribution in [2.45, 2.75) is 38.9 Å². The van der Waals surface area contributed by atoms with E-state index in [1.807, 2.05) is 42.5 Å². The molecule has 0 saturated heterocycles. The summed E-state index contributed by atoms with van der Waals surface area (Å²) in [5.41, 5.74) is 3.42. The van der Waals surface area contributed by atoms with Crippen LogP contribution < -0.4 is 0 Å². The summed E-state index contributed by atoms with van der Waals surface area (Å²) in [7, 11) is 0. The van der Waals surface area contributed by atoms with Crippen LogP contribution in [-0.2, 0) is 16.8 Å². The van der Waals surface area contributed by atoms with Gasteiger partial charge in [0.2, 0.25) is 0 Å². The van der Waals surface area contributed by atoms with Crippen molar-refractivity contribution in [3.8, 4) is 0 Å². The molecule has 0 spiro atoms. The highest BCUT2D eigenvalue weighted by Crippen LogP contribution is 2.24. The van der Waals surface area contributed by atoms with E-state index in [0.29, 0.717) is 13.2 Å². The molecule has 21 heavy (non-hydrogen) atoms. The van der Waals surface area contributed by atoms with Gasteiger partial charge in [-0.15, -0.1) is 0 Å². The molecule has 2 aromatic carbocycles. The molecule has 2 heteroatoms. The normalized spacial score (nSPS) is 13.1. The van der Waals surface area contributed by atoms with E-state index >= 15 is 0 Å². The lowest BCUT2D eigenvalue weighted by atomic mass is 9.86. The fraction of sp³-hybridized carbons (Fsp3) is 0.368. The molecule has 0 aliphatic carbocycles. The van der Waals surface area contributed by atoms with Crippen LogP contribution in [0, 0.1) is 0 Å². The Balaban J connectivity index is 1.87. The molecule has 1 unspecified atom stereocenters. The van der Waals surface area contributed by atoms with Gasteiger partial charge in [-0.3, -0.25) is 0 Å². The number of ether oxygens (including phenoxy) is 1. The first-order valence-corrected chi connectivity index (χ1v) is 7.37. The lowest BCUT2D eigenvalue weighted by Gasteiger charge is -2.20. The Hall–Kier alpha value is -1.64. The quantitative estimate of drug-likeness (QED) is 0.890. The summed E-state index contributed by atoms with van der Waals surface area (Å²) in [6.07, 6.45) is -0.581. The minimum atomic E-state index is -0.581. The molecule has 0 aliphatic heterocycles. The fourth-order valence-corrected chi connectivity index (χ4v) is 2.16. The lowest BCUT2D eigenvalue weighted by Crippen LogP contribution is -2.12. The number of rotatable bonds is 5. The smallest absolute Gasteiger partial charge is 0.102 e. The van der Waals surface area contributed by atoms with Crippen molar-refractivity contribution < 1.29 is 9.84 Å². The molecule has 0 fully saturated rings. The van der Waals surface area contributed by atoms with E-state index in [2.05, 4.69) is 32.9 Å². The Labute approximate surface area is 127 Å². The van der Waals surface area contributed by atoms with Crippen LogP contribution in [0.25, 0.3) is 0 Å². The summed E-state index contributed by atoms with van der Waals surface area (Å²) in [5.74, 6) is 0. The van der Waals surface area contributed by atoms with Gasteiger partial charge in [0.15, 0.2) is 0 Å². The van der Waals surface area contributed by atoms with Crippen LogP contribution in [-0.4, -0.2) is 11.7 Å². The molecule has 0 aromatic heterocycles. The van der Waals surface area contributed by atoms with Gasteiger partial charge < -0.3 is 9.84 Å². The third-order valence-electron chi connectivity index (χ3n) is 3.55. The third kappa shape index (κ3) is 4.69. The monoisotopic (exact) mass is 284 g/mol. The van der Waals surface area contributed by atoms with Gasteiger partial charge in [0, 0.05) is 0 Å². The molecule has 2 nitrogen and oxygen atoms in total. The summed E-state index contributed by atoms with van der Waals surface area (Å²) in [6, 6.07) is 18.1. The van der Waals surface area contributed by atoms with Gasteiger partial charge in [0.1, 0.15) is 6.10 Å². The van der Waals surface area contributed by atoms with Crippen LogP contribution in [0.1, 0.15) is 43.6 Å². The van der Waals surface area contributed by atoms with E-state index in [1.165, 1.54) is 5.56 Å². The lowest BCUT2D eigenvalue weighted by molar-refractivity contribution is 0.0277. The molecule has 0 radical (unpaired) electrons. The summed E-state index contributed by atoms with van der Waals surface area (Å²) >= 11 is 0. The Kier molecular flexibility index (Phi) is 5.16. The van der Waals surface area contributed by atoms with Crippen LogP contribution >= 0.6 is 0 Å². The van der Waals surface area contributed by atoms with E-state index in [1.54, 1.807) is 0 Å². The highest BCUT2D eigenvalue weighted by Gasteiger charge is 2.14. The zero-order valence-corrected chi connectivity index (χ0v) is 13.0. The fourth-order valence-electron chi connectivity index (χ4n) is 2.16. The van der Waals surface area contributed by atoms with Gasteiger partial charge in [0.05, 0.1) is 13.2 Å². The van der Waals surface area contributed by atoms with Crippen LogP contribution in [0.3, 0.4) is 0 Å². The van der Waals surface area contributed by atoms with E-state index in [9.17, 15) is 5.11 Å². The van der Waals surface area contributed by atoms with Crippen molar-refractivity contribution >= 4 is 0 Å². The standard InChI is InChI=1S/C19H24O2/c1-19(2,3)17-11-9-16(10-12-17)18(20)14-21-13-15-7-5-4-6-8-15/h4-12,18,20H,13-14H2,1-3H3. The van der Waals surface area contributed by atoms with Gasteiger partial charge in [0.25, 0.3) is 0 Å². The topological polar surface area (TPSA) is 29.5 Å². The molecule has 2 aromatic rings. The summed E-state index contributed by atoms with van der Waals surface area (Å²) in [6.45, 7) is 7.38. The van der Waals surface area contributed by atoms with Gasteiger partial charge in [-0.05, 0) is 22.1 Å². The van der Waals surface area contributed by atoms with Crippen LogP contribution in [0.4, 0.5) is 0 Å². The van der Waals surface area contributed by atoms with E-state index in [0.717, 1.165) is 11.1 Å². The molecule has 0 amide bonds. The van der Waals surface area contributed by atoms with Crippen molar-refractivity contribution in [2.24, 2.45) is 0 Å². The Morgan fingerprint density at radius 3 is 2.14 bits per heavy atom. The van der Waals surface area contributed by atoms with Crippen molar-refractivity contribution in [1.82, 2.24) is 0 Å². The maximum absolute atomic E-state index is 10.2. The third-order valence-corrected chi connectivity index (χ3v) is 3.55. The number of benzene rings is 2. The molecule has 1 atom stereocenters. The van der Waals surface area contributed by atoms with Gasteiger partial charge in [-0.1, -0.05) is 75.4 Å². The first-order chi connectivity index (χ1) is 9.97. The maximum atomic E-state index is 10.2. The maximum Gasteiger partial charge on any atom is 0.102 e. The van der Waals surface area contributed by atoms with Crippen molar-refractivity contribution in [3.63, 3.8) is 0 Å². The molecule has 0 bridgehead atoms. The minimum absolute atomic E-state index is 0.132. The zero-order valence-electron chi connectivity index (χ0n) is 13.0. The predicted molar refractivity (Wildman–Crippen MR) is 86.2 cm³/mol. The van der Waals surface area contributed by atoms with Crippen LogP contribution in [0.5, 0.6) is 0 Å². The largest absolute Gasteiger partial charge is 0.386 e. The predicted octanol–water partition coefficient (Wildman–Crippen LogP) is 4.23. The Morgan fingerprint density at radius 2 is 1.57 bits per heavy atom. The van der Waals surface area contributed by atoms with E-state index in [-0.39, 0.29) is 5.41 Å². The second kappa shape index (κ2) is 6.88.